The van der Waals surface area contributed by atoms with E-state index in [0.717, 1.165) is 15.8 Å². The lowest BCUT2D eigenvalue weighted by molar-refractivity contribution is -0.142. The number of terminal acetylenes is 1. The van der Waals surface area contributed by atoms with Gasteiger partial charge in [-0.05, 0) is 133 Å². The second kappa shape index (κ2) is 45.6. The van der Waals surface area contributed by atoms with Crippen LogP contribution in [0.2, 0.25) is 0 Å². The number of aryl methyl sites for hydroxylation is 1. The largest absolute Gasteiger partial charge is 0.480 e. The maximum absolute atomic E-state index is 13.2. The van der Waals surface area contributed by atoms with Crippen LogP contribution in [-0.4, -0.2) is 165 Å². The van der Waals surface area contributed by atoms with Gasteiger partial charge in [-0.2, -0.15) is 4.68 Å². The number of nitrogens with zero attached hydrogens (tertiary/aromatic N) is 3. The molecular weight excluding hydrogens is 1170 g/mol. The molecule has 28 heteroatoms. The molecule has 0 aliphatic rings. The van der Waals surface area contributed by atoms with Gasteiger partial charge in [0.05, 0.1) is 42.7 Å². The molecular formula is C62H90FN13O14. The Labute approximate surface area is 523 Å². The maximum atomic E-state index is 13.2. The normalized spacial score (nSPS) is 12.8. The molecule has 0 saturated carbocycles. The quantitative estimate of drug-likeness (QED) is 0.0280. The van der Waals surface area contributed by atoms with Gasteiger partial charge in [0.1, 0.15) is 12.1 Å². The molecule has 0 aliphatic carbocycles. The number of halogens is 1. The number of aliphatic carboxylic acids is 2. The Morgan fingerprint density at radius 3 is 1.13 bits per heavy atom. The molecule has 2 aromatic carbocycles. The van der Waals surface area contributed by atoms with Gasteiger partial charge < -0.3 is 65.0 Å². The van der Waals surface area contributed by atoms with E-state index in [1.807, 2.05) is 12.0 Å². The Kier molecular flexibility index (Phi) is 39.2. The molecule has 0 fully saturated rings. The zero-order valence-electron chi connectivity index (χ0n) is 51.0. The Bertz CT molecular complexity index is 2800. The van der Waals surface area contributed by atoms with Gasteiger partial charge in [-0.1, -0.05) is 65.9 Å². The van der Waals surface area contributed by atoms with Crippen molar-refractivity contribution < 1.29 is 72.1 Å². The van der Waals surface area contributed by atoms with Crippen molar-refractivity contribution in [2.24, 2.45) is 22.9 Å². The SMILES string of the molecule is C#CC(=O)N[C@@H](CCCCN)C(=O)CCC(=O)N[C@@H](Cc1ccccc1)C(=O)CCC(=O)N[C@@H](CCCCN)C(=O)O.NCCCC[C@H](NC(=O)CCC(=O)[C@H](Cc1ccccc1)NC(=O)CCC(=O)[C@H](CCCCN)NC(=O)n1cc(CC[18F])nn1)C(=O)O. The van der Waals surface area contributed by atoms with E-state index in [4.69, 9.17) is 29.4 Å². The first-order chi connectivity index (χ1) is 43.2. The summed E-state index contributed by atoms with van der Waals surface area (Å²) in [7, 11) is 0. The molecule has 3 rings (SSSR count). The second-order valence-electron chi connectivity index (χ2n) is 21.3. The van der Waals surface area contributed by atoms with Gasteiger partial charge in [0.2, 0.25) is 23.6 Å². The average Bonchev–Trinajstić information content (AvgIpc) is 3.46. The van der Waals surface area contributed by atoms with Gasteiger partial charge in [-0.15, -0.1) is 11.5 Å². The molecule has 27 nitrogen and oxygen atoms in total. The van der Waals surface area contributed by atoms with Gasteiger partial charge in [-0.3, -0.25) is 47.5 Å². The summed E-state index contributed by atoms with van der Waals surface area (Å²) in [5.74, 6) is -5.12. The van der Waals surface area contributed by atoms with Crippen LogP contribution in [0.4, 0.5) is 9.18 Å². The summed E-state index contributed by atoms with van der Waals surface area (Å²) >= 11 is 0. The highest BCUT2D eigenvalue weighted by Crippen LogP contribution is 2.14. The van der Waals surface area contributed by atoms with E-state index in [9.17, 15) is 72.1 Å². The van der Waals surface area contributed by atoms with E-state index >= 15 is 0 Å². The highest BCUT2D eigenvalue weighted by molar-refractivity contribution is 5.98. The molecule has 0 bridgehead atoms. The predicted molar refractivity (Wildman–Crippen MR) is 330 cm³/mol. The summed E-state index contributed by atoms with van der Waals surface area (Å²) in [5.41, 5.74) is 23.8. The smallest absolute Gasteiger partial charge is 0.344 e. The van der Waals surface area contributed by atoms with E-state index in [1.165, 1.54) is 6.20 Å². The first kappa shape index (κ1) is 77.4. The maximum Gasteiger partial charge on any atom is 0.344 e. The number of ketones is 4. The van der Waals surface area contributed by atoms with Crippen LogP contribution in [-0.2, 0) is 72.0 Å². The average molecular weight is 1260 g/mol. The van der Waals surface area contributed by atoms with Gasteiger partial charge >= 0.3 is 18.0 Å². The van der Waals surface area contributed by atoms with Crippen LogP contribution < -0.4 is 54.8 Å². The zero-order valence-corrected chi connectivity index (χ0v) is 51.0. The van der Waals surface area contributed by atoms with Gasteiger partial charge in [0.15, 0.2) is 23.1 Å². The fraction of sp³-hybridized carbons (Fsp3) is 0.548. The number of carboxylic acids is 2. The number of nitrogens with two attached hydrogens (primary N) is 4. The first-order valence-corrected chi connectivity index (χ1v) is 30.4. The van der Waals surface area contributed by atoms with Gasteiger partial charge in [0.25, 0.3) is 5.91 Å². The number of benzene rings is 2. The monoisotopic (exact) mass is 1260 g/mol. The minimum atomic E-state index is -1.18. The summed E-state index contributed by atoms with van der Waals surface area (Å²) in [6.07, 6.45) is 10.5. The highest BCUT2D eigenvalue weighted by atomic mass is 18.2. The third kappa shape index (κ3) is 33.1. The van der Waals surface area contributed by atoms with Crippen LogP contribution in [0.1, 0.15) is 145 Å². The number of unbranched alkanes of at least 4 members (excludes halogenated alkanes) is 4. The highest BCUT2D eigenvalue weighted by Gasteiger charge is 2.29. The van der Waals surface area contributed by atoms with Crippen molar-refractivity contribution in [1.29, 1.82) is 0 Å². The van der Waals surface area contributed by atoms with Crippen LogP contribution in [0.5, 0.6) is 0 Å². The minimum absolute atomic E-state index is 0.0109. The molecule has 0 radical (unpaired) electrons. The van der Waals surface area contributed by atoms with Crippen LogP contribution in [0.15, 0.2) is 66.9 Å². The van der Waals surface area contributed by atoms with Crippen molar-refractivity contribution in [3.8, 4) is 12.3 Å². The molecule has 16 N–H and O–H groups in total. The Hall–Kier alpha value is -8.65. The molecule has 0 saturated heterocycles. The second-order valence-corrected chi connectivity index (χ2v) is 21.3. The number of carbonyl (C=O) groups excluding carboxylic acids is 10. The Balaban J connectivity index is 0.000000619. The lowest BCUT2D eigenvalue weighted by Gasteiger charge is -2.20. The summed E-state index contributed by atoms with van der Waals surface area (Å²) in [4.78, 5) is 150. The van der Waals surface area contributed by atoms with Crippen molar-refractivity contribution in [2.75, 3.05) is 32.9 Å². The number of hydrogen-bond acceptors (Lipinski definition) is 18. The van der Waals surface area contributed by atoms with Crippen LogP contribution in [0.25, 0.3) is 0 Å². The number of aromatic nitrogens is 3. The van der Waals surface area contributed by atoms with E-state index in [0.29, 0.717) is 84.0 Å². The molecule has 6 amide bonds. The number of hydrogen-bond donors (Lipinski definition) is 12. The molecule has 494 valence electrons. The van der Waals surface area contributed by atoms with E-state index in [-0.39, 0.29) is 101 Å². The van der Waals surface area contributed by atoms with Gasteiger partial charge in [0, 0.05) is 57.8 Å². The third-order valence-electron chi connectivity index (χ3n) is 14.1. The first-order valence-electron chi connectivity index (χ1n) is 30.4. The summed E-state index contributed by atoms with van der Waals surface area (Å²) < 4.78 is 13.5. The van der Waals surface area contributed by atoms with E-state index in [2.05, 4.69) is 42.2 Å². The number of alkyl halides is 1. The molecule has 0 unspecified atom stereocenters. The third-order valence-corrected chi connectivity index (χ3v) is 14.1. The van der Waals surface area contributed by atoms with E-state index in [1.54, 1.807) is 54.6 Å². The van der Waals surface area contributed by atoms with Crippen LogP contribution in [0, 0.1) is 12.3 Å². The molecule has 3 aromatic rings. The topological polar surface area (TPSA) is 452 Å². The standard InChI is InChI=1S/C32H47FN8O7.C30H43N5O7/c33-17-16-23-21-41(40-39-23)32(48)38-24(10-4-6-18-34)27(42)12-14-30(45)37-26(20-22-8-2-1-3-9-22)28(43)13-15-29(44)36-25(31(46)47)11-5-7-19-35;1-2-27(38)33-22(12-6-8-18-31)25(36)14-16-29(40)35-24(20-21-10-4-3-5-11-21)26(37)15-17-28(39)34-23(30(41)42)13-7-9-19-32/h1-3,8-9,21,24-26H,4-7,10-20,34-35H2,(H,36,44)(H,37,45)(H,38,48)(H,46,47);1,3-5,10-11,22-24H,6-9,12-20,31-32H2,(H,33,38)(H,34,39)(H,35,40)(H,41,42)/t24-,25-,26-;22-,23-,24-/m00/s1/i33-1;. The van der Waals surface area contributed by atoms with Crippen molar-refractivity contribution in [1.82, 2.24) is 46.9 Å². The van der Waals surface area contributed by atoms with Crippen LogP contribution >= 0.6 is 0 Å². The van der Waals surface area contributed by atoms with Crippen molar-refractivity contribution in [2.45, 2.75) is 184 Å². The predicted octanol–water partition coefficient (Wildman–Crippen LogP) is 1.33. The molecule has 6 atom stereocenters. The summed E-state index contributed by atoms with van der Waals surface area (Å²) in [5, 5.41) is 41.4. The van der Waals surface area contributed by atoms with Crippen molar-refractivity contribution in [3.63, 3.8) is 0 Å². The zero-order chi connectivity index (χ0) is 66.6. The van der Waals surface area contributed by atoms with Crippen molar-refractivity contribution in [3.05, 3.63) is 83.7 Å². The number of nitrogens with one attached hydrogen (secondary N) is 6. The molecule has 1 heterocycles. The lowest BCUT2D eigenvalue weighted by Crippen LogP contribution is -2.45. The van der Waals surface area contributed by atoms with Crippen molar-refractivity contribution >= 4 is 70.6 Å². The summed E-state index contributed by atoms with van der Waals surface area (Å²) in [6, 6.07) is 11.2. The lowest BCUT2D eigenvalue weighted by atomic mass is 9.98. The minimum Gasteiger partial charge on any atom is -0.480 e. The number of carboxylic acid groups (broad SMARTS) is 2. The fourth-order valence-electron chi connectivity index (χ4n) is 9.04. The van der Waals surface area contributed by atoms with Gasteiger partial charge in [-0.25, -0.2) is 14.4 Å². The number of rotatable bonds is 46. The summed E-state index contributed by atoms with van der Waals surface area (Å²) in [6.45, 7) is 0.964. The fourth-order valence-corrected chi connectivity index (χ4v) is 9.04. The van der Waals surface area contributed by atoms with E-state index < -0.39 is 108 Å². The molecule has 0 spiro atoms. The molecule has 90 heavy (non-hydrogen) atoms. The number of Topliss-reactive ketones (excluding diaryl/α,β-unsaturated/α-hetero) is 4. The molecule has 0 aliphatic heterocycles. The Morgan fingerprint density at radius 1 is 0.467 bits per heavy atom. The van der Waals surface area contributed by atoms with Crippen LogP contribution in [0.3, 0.4) is 0 Å². The Morgan fingerprint density at radius 2 is 0.800 bits per heavy atom. The molecule has 1 aromatic heterocycles. The number of carbonyl (C=O) groups is 12. The number of amides is 6.